The second-order valence-corrected chi connectivity index (χ2v) is 5.31. The van der Waals surface area contributed by atoms with Crippen LogP contribution in [0.15, 0.2) is 50.1 Å². The SMILES string of the molecule is O=C(c1cc(=O)[nH]o1)N1CCc2oc(-c3ccccc3)nc2C1. The molecule has 116 valence electrons. The molecule has 1 aliphatic rings. The first-order valence-corrected chi connectivity index (χ1v) is 7.22. The largest absolute Gasteiger partial charge is 0.441 e. The molecule has 2 aromatic heterocycles. The average Bonchev–Trinajstić information content (AvgIpc) is 3.20. The minimum Gasteiger partial charge on any atom is -0.441 e. The predicted octanol–water partition coefficient (Wildman–Crippen LogP) is 1.82. The minimum atomic E-state index is -0.432. The summed E-state index contributed by atoms with van der Waals surface area (Å²) in [4.78, 5) is 29.5. The maximum atomic E-state index is 12.3. The van der Waals surface area contributed by atoms with E-state index in [2.05, 4.69) is 10.1 Å². The van der Waals surface area contributed by atoms with Crippen LogP contribution in [0.4, 0.5) is 0 Å². The van der Waals surface area contributed by atoms with E-state index in [0.29, 0.717) is 25.4 Å². The second-order valence-electron chi connectivity index (χ2n) is 5.31. The van der Waals surface area contributed by atoms with Crippen molar-refractivity contribution in [2.24, 2.45) is 0 Å². The molecule has 23 heavy (non-hydrogen) atoms. The Morgan fingerprint density at radius 2 is 2.09 bits per heavy atom. The Balaban J connectivity index is 1.59. The number of aromatic nitrogens is 2. The first-order valence-electron chi connectivity index (χ1n) is 7.22. The molecule has 4 rings (SSSR count). The first kappa shape index (κ1) is 13.6. The van der Waals surface area contributed by atoms with Crippen molar-refractivity contribution in [3.63, 3.8) is 0 Å². The minimum absolute atomic E-state index is 0.00484. The normalized spacial score (nSPS) is 13.8. The van der Waals surface area contributed by atoms with Crippen LogP contribution in [0.5, 0.6) is 0 Å². The maximum absolute atomic E-state index is 12.3. The third-order valence-electron chi connectivity index (χ3n) is 3.77. The van der Waals surface area contributed by atoms with Gasteiger partial charge in [0.2, 0.25) is 11.7 Å². The highest BCUT2D eigenvalue weighted by Crippen LogP contribution is 2.26. The molecule has 7 heteroatoms. The average molecular weight is 311 g/mol. The highest BCUT2D eigenvalue weighted by atomic mass is 16.5. The molecular weight excluding hydrogens is 298 g/mol. The summed E-state index contributed by atoms with van der Waals surface area (Å²) in [6.45, 7) is 0.823. The molecule has 1 amide bonds. The van der Waals surface area contributed by atoms with Crippen LogP contribution < -0.4 is 5.56 Å². The van der Waals surface area contributed by atoms with Crippen LogP contribution in [-0.2, 0) is 13.0 Å². The summed E-state index contributed by atoms with van der Waals surface area (Å²) in [6, 6.07) is 10.8. The van der Waals surface area contributed by atoms with Crippen molar-refractivity contribution in [2.75, 3.05) is 6.54 Å². The van der Waals surface area contributed by atoms with E-state index in [0.717, 1.165) is 23.1 Å². The Morgan fingerprint density at radius 3 is 2.83 bits per heavy atom. The fourth-order valence-electron chi connectivity index (χ4n) is 2.62. The van der Waals surface area contributed by atoms with E-state index in [1.807, 2.05) is 30.3 Å². The van der Waals surface area contributed by atoms with Gasteiger partial charge in [-0.05, 0) is 12.1 Å². The molecule has 3 heterocycles. The summed E-state index contributed by atoms with van der Waals surface area (Å²) in [5.41, 5.74) is 1.21. The first-order chi connectivity index (χ1) is 11.2. The number of H-pyrrole nitrogens is 1. The van der Waals surface area contributed by atoms with Crippen LogP contribution in [0.2, 0.25) is 0 Å². The van der Waals surface area contributed by atoms with E-state index in [1.54, 1.807) is 4.90 Å². The van der Waals surface area contributed by atoms with Crippen LogP contribution >= 0.6 is 0 Å². The Morgan fingerprint density at radius 1 is 1.26 bits per heavy atom. The zero-order valence-corrected chi connectivity index (χ0v) is 12.1. The van der Waals surface area contributed by atoms with Gasteiger partial charge < -0.3 is 13.8 Å². The summed E-state index contributed by atoms with van der Waals surface area (Å²) in [6.07, 6.45) is 0.579. The zero-order valence-electron chi connectivity index (χ0n) is 12.1. The number of oxazole rings is 1. The maximum Gasteiger partial charge on any atom is 0.292 e. The van der Waals surface area contributed by atoms with Gasteiger partial charge in [-0.3, -0.25) is 9.59 Å². The number of amides is 1. The highest BCUT2D eigenvalue weighted by molar-refractivity contribution is 5.91. The highest BCUT2D eigenvalue weighted by Gasteiger charge is 2.28. The van der Waals surface area contributed by atoms with Crippen molar-refractivity contribution < 1.29 is 13.7 Å². The van der Waals surface area contributed by atoms with Gasteiger partial charge in [-0.2, -0.15) is 5.16 Å². The molecule has 0 fully saturated rings. The van der Waals surface area contributed by atoms with Crippen molar-refractivity contribution >= 4 is 5.91 Å². The molecule has 1 aliphatic heterocycles. The van der Waals surface area contributed by atoms with Crippen LogP contribution in [0.1, 0.15) is 22.0 Å². The summed E-state index contributed by atoms with van der Waals surface area (Å²) in [7, 11) is 0. The van der Waals surface area contributed by atoms with Crippen molar-refractivity contribution in [2.45, 2.75) is 13.0 Å². The molecule has 1 N–H and O–H groups in total. The quantitative estimate of drug-likeness (QED) is 0.779. The van der Waals surface area contributed by atoms with Crippen LogP contribution in [0.25, 0.3) is 11.5 Å². The summed E-state index contributed by atoms with van der Waals surface area (Å²) in [5, 5.41) is 2.12. The molecule has 0 bridgehead atoms. The number of nitrogens with one attached hydrogen (secondary N) is 1. The molecule has 0 unspecified atom stereocenters. The summed E-state index contributed by atoms with van der Waals surface area (Å²) >= 11 is 0. The van der Waals surface area contributed by atoms with E-state index in [9.17, 15) is 9.59 Å². The third-order valence-corrected chi connectivity index (χ3v) is 3.77. The van der Waals surface area contributed by atoms with Crippen molar-refractivity contribution in [3.05, 3.63) is 64.0 Å². The number of fused-ring (bicyclic) bond motifs is 1. The molecule has 0 atom stereocenters. The summed E-state index contributed by atoms with van der Waals surface area (Å²) in [5.74, 6) is 1.02. The van der Waals surface area contributed by atoms with Crippen molar-refractivity contribution in [1.29, 1.82) is 0 Å². The number of carbonyl (C=O) groups is 1. The van der Waals surface area contributed by atoms with E-state index in [4.69, 9.17) is 8.94 Å². The Hall–Kier alpha value is -3.09. The summed E-state index contributed by atoms with van der Waals surface area (Å²) < 4.78 is 10.7. The van der Waals surface area contributed by atoms with Gasteiger partial charge >= 0.3 is 0 Å². The van der Waals surface area contributed by atoms with Crippen LogP contribution in [-0.4, -0.2) is 27.5 Å². The molecule has 7 nitrogen and oxygen atoms in total. The molecule has 3 aromatic rings. The van der Waals surface area contributed by atoms with E-state index < -0.39 is 5.56 Å². The van der Waals surface area contributed by atoms with E-state index in [1.165, 1.54) is 0 Å². The van der Waals surface area contributed by atoms with Crippen LogP contribution in [0, 0.1) is 0 Å². The monoisotopic (exact) mass is 311 g/mol. The second kappa shape index (κ2) is 5.28. The van der Waals surface area contributed by atoms with E-state index >= 15 is 0 Å². The zero-order chi connectivity index (χ0) is 15.8. The number of hydrogen-bond donors (Lipinski definition) is 1. The van der Waals surface area contributed by atoms with Gasteiger partial charge in [0.05, 0.1) is 12.6 Å². The molecule has 0 saturated carbocycles. The van der Waals surface area contributed by atoms with Gasteiger partial charge in [0.15, 0.2) is 0 Å². The van der Waals surface area contributed by atoms with Gasteiger partial charge in [0.25, 0.3) is 11.5 Å². The van der Waals surface area contributed by atoms with Gasteiger partial charge in [0.1, 0.15) is 11.5 Å². The Bertz CT molecular complexity index is 907. The lowest BCUT2D eigenvalue weighted by atomic mass is 10.1. The number of hydrogen-bond acceptors (Lipinski definition) is 5. The lowest BCUT2D eigenvalue weighted by molar-refractivity contribution is 0.0685. The molecule has 1 aromatic carbocycles. The smallest absolute Gasteiger partial charge is 0.292 e. The standard InChI is InChI=1S/C16H13N3O4/c20-14-8-13(23-18-14)16(21)19-7-6-12-11(9-19)17-15(22-12)10-4-2-1-3-5-10/h1-5,8H,6-7,9H2,(H,18,20). The topological polar surface area (TPSA) is 92.3 Å². The molecule has 0 aliphatic carbocycles. The molecule has 0 radical (unpaired) electrons. The fourth-order valence-corrected chi connectivity index (χ4v) is 2.62. The van der Waals surface area contributed by atoms with Crippen molar-refractivity contribution in [1.82, 2.24) is 15.0 Å². The van der Waals surface area contributed by atoms with E-state index in [-0.39, 0.29) is 11.7 Å². The predicted molar refractivity (Wildman–Crippen MR) is 79.7 cm³/mol. The van der Waals surface area contributed by atoms with Gasteiger partial charge in [-0.15, -0.1) is 0 Å². The molecular formula is C16H13N3O4. The molecule has 0 spiro atoms. The Kier molecular flexibility index (Phi) is 3.11. The number of aromatic amines is 1. The van der Waals surface area contributed by atoms with Gasteiger partial charge in [0, 0.05) is 18.5 Å². The van der Waals surface area contributed by atoms with Gasteiger partial charge in [-0.25, -0.2) is 4.98 Å². The number of carbonyl (C=O) groups excluding carboxylic acids is 1. The molecule has 0 saturated heterocycles. The lowest BCUT2D eigenvalue weighted by Crippen LogP contribution is -2.35. The third kappa shape index (κ3) is 2.46. The van der Waals surface area contributed by atoms with Crippen LogP contribution in [0.3, 0.4) is 0 Å². The number of rotatable bonds is 2. The van der Waals surface area contributed by atoms with Crippen molar-refractivity contribution in [3.8, 4) is 11.5 Å². The fraction of sp³-hybridized carbons (Fsp3) is 0.188. The lowest BCUT2D eigenvalue weighted by Gasteiger charge is -2.23. The Labute approximate surface area is 130 Å². The van der Waals surface area contributed by atoms with Gasteiger partial charge in [-0.1, -0.05) is 18.2 Å². The number of nitrogens with zero attached hydrogens (tertiary/aromatic N) is 2. The number of benzene rings is 1.